The number of halogens is 1. The third-order valence-corrected chi connectivity index (χ3v) is 4.03. The van der Waals surface area contributed by atoms with Gasteiger partial charge in [-0.25, -0.2) is 0 Å². The summed E-state index contributed by atoms with van der Waals surface area (Å²) in [6, 6.07) is 6.97. The second-order valence-corrected chi connectivity index (χ2v) is 5.93. The molecule has 108 valence electrons. The van der Waals surface area contributed by atoms with Crippen molar-refractivity contribution in [1.82, 2.24) is 10.2 Å². The van der Waals surface area contributed by atoms with Crippen molar-refractivity contribution < 1.29 is 4.79 Å². The third kappa shape index (κ3) is 4.00. The number of rotatable bonds is 5. The van der Waals surface area contributed by atoms with Gasteiger partial charge < -0.3 is 10.6 Å². The zero-order valence-electron chi connectivity index (χ0n) is 11.2. The summed E-state index contributed by atoms with van der Waals surface area (Å²) in [4.78, 5) is 12.1. The number of hydrogen-bond donors (Lipinski definition) is 2. The second kappa shape index (κ2) is 7.15. The summed E-state index contributed by atoms with van der Waals surface area (Å²) in [7, 11) is 0. The number of benzene rings is 1. The van der Waals surface area contributed by atoms with Gasteiger partial charge in [0.05, 0.1) is 17.3 Å². The van der Waals surface area contributed by atoms with Crippen LogP contribution in [0.25, 0.3) is 0 Å². The fourth-order valence-electron chi connectivity index (χ4n) is 1.48. The molecule has 1 aromatic carbocycles. The van der Waals surface area contributed by atoms with Gasteiger partial charge in [0.25, 0.3) is 5.91 Å². The van der Waals surface area contributed by atoms with Gasteiger partial charge in [0.1, 0.15) is 0 Å². The van der Waals surface area contributed by atoms with Crippen molar-refractivity contribution in [2.75, 3.05) is 17.2 Å². The molecule has 0 radical (unpaired) electrons. The molecule has 21 heavy (non-hydrogen) atoms. The summed E-state index contributed by atoms with van der Waals surface area (Å²) in [5, 5.41) is 23.3. The predicted octanol–water partition coefficient (Wildman–Crippen LogP) is 3.25. The molecule has 0 saturated carbocycles. The van der Waals surface area contributed by atoms with E-state index in [-0.39, 0.29) is 10.9 Å². The molecular formula is C13H12BrN5OS. The Morgan fingerprint density at radius 2 is 2.29 bits per heavy atom. The summed E-state index contributed by atoms with van der Waals surface area (Å²) in [6.45, 7) is 2.83. The molecule has 6 nitrogen and oxygen atoms in total. The number of aromatic nitrogens is 2. The van der Waals surface area contributed by atoms with E-state index < -0.39 is 0 Å². The number of hydrogen-bond acceptors (Lipinski definition) is 6. The number of nitrogens with zero attached hydrogens (tertiary/aromatic N) is 3. The average molecular weight is 366 g/mol. The highest BCUT2D eigenvalue weighted by molar-refractivity contribution is 9.10. The van der Waals surface area contributed by atoms with Crippen molar-refractivity contribution in [2.24, 2.45) is 0 Å². The molecule has 0 spiro atoms. The molecule has 1 amide bonds. The first-order valence-corrected chi connectivity index (χ1v) is 7.83. The van der Waals surface area contributed by atoms with Crippen LogP contribution in [0.15, 0.2) is 22.7 Å². The lowest BCUT2D eigenvalue weighted by molar-refractivity contribution is 0.102. The highest BCUT2D eigenvalue weighted by Crippen LogP contribution is 2.24. The van der Waals surface area contributed by atoms with E-state index in [1.807, 2.05) is 13.0 Å². The lowest BCUT2D eigenvalue weighted by Crippen LogP contribution is -2.12. The standard InChI is InChI=1S/C13H12BrN5OS/c1-2-5-16-13-19-18-12(21-13)11(20)17-10-4-3-8(7-15)6-9(10)14/h3-4,6H,2,5H2,1H3,(H,16,19)(H,17,20). The Balaban J connectivity index is 2.07. The Labute approximate surface area is 134 Å². The van der Waals surface area contributed by atoms with Crippen LogP contribution in [-0.2, 0) is 0 Å². The van der Waals surface area contributed by atoms with Crippen LogP contribution in [0.1, 0.15) is 28.7 Å². The quantitative estimate of drug-likeness (QED) is 0.848. The fraction of sp³-hybridized carbons (Fsp3) is 0.231. The van der Waals surface area contributed by atoms with Crippen LogP contribution >= 0.6 is 27.3 Å². The number of nitrogens with one attached hydrogen (secondary N) is 2. The lowest BCUT2D eigenvalue weighted by Gasteiger charge is -2.05. The van der Waals surface area contributed by atoms with Crippen molar-refractivity contribution >= 4 is 44.0 Å². The first-order valence-electron chi connectivity index (χ1n) is 6.22. The largest absolute Gasteiger partial charge is 0.360 e. The van der Waals surface area contributed by atoms with Gasteiger partial charge in [0.15, 0.2) is 0 Å². The van der Waals surface area contributed by atoms with Crippen LogP contribution in [0.3, 0.4) is 0 Å². The maximum Gasteiger partial charge on any atom is 0.286 e. The zero-order chi connectivity index (χ0) is 15.2. The average Bonchev–Trinajstić information content (AvgIpc) is 2.96. The molecule has 2 rings (SSSR count). The van der Waals surface area contributed by atoms with Crippen molar-refractivity contribution in [3.63, 3.8) is 0 Å². The van der Waals surface area contributed by atoms with Crippen LogP contribution < -0.4 is 10.6 Å². The van der Waals surface area contributed by atoms with Gasteiger partial charge in [-0.1, -0.05) is 18.3 Å². The van der Waals surface area contributed by atoms with E-state index in [2.05, 4.69) is 36.8 Å². The molecule has 0 aliphatic carbocycles. The monoisotopic (exact) mass is 365 g/mol. The molecule has 0 saturated heterocycles. The molecule has 2 aromatic rings. The Morgan fingerprint density at radius 1 is 1.48 bits per heavy atom. The van der Waals surface area contributed by atoms with E-state index >= 15 is 0 Å². The van der Waals surface area contributed by atoms with E-state index in [1.54, 1.807) is 18.2 Å². The molecule has 0 aliphatic rings. The van der Waals surface area contributed by atoms with Crippen molar-refractivity contribution in [2.45, 2.75) is 13.3 Å². The van der Waals surface area contributed by atoms with Crippen LogP contribution in [0.2, 0.25) is 0 Å². The van der Waals surface area contributed by atoms with Crippen LogP contribution in [-0.4, -0.2) is 22.6 Å². The molecule has 0 bridgehead atoms. The molecule has 2 N–H and O–H groups in total. The minimum atomic E-state index is -0.331. The molecule has 8 heteroatoms. The normalized spacial score (nSPS) is 9.95. The highest BCUT2D eigenvalue weighted by Gasteiger charge is 2.14. The van der Waals surface area contributed by atoms with Crippen molar-refractivity contribution in [3.05, 3.63) is 33.2 Å². The molecule has 0 atom stereocenters. The first kappa shape index (κ1) is 15.4. The summed E-state index contributed by atoms with van der Waals surface area (Å²) in [5.74, 6) is -0.331. The van der Waals surface area contributed by atoms with E-state index in [0.29, 0.717) is 20.9 Å². The van der Waals surface area contributed by atoms with Gasteiger partial charge in [-0.3, -0.25) is 4.79 Å². The topological polar surface area (TPSA) is 90.7 Å². The van der Waals surface area contributed by atoms with E-state index in [9.17, 15) is 4.79 Å². The number of carbonyl (C=O) groups excluding carboxylic acids is 1. The highest BCUT2D eigenvalue weighted by atomic mass is 79.9. The van der Waals surface area contributed by atoms with Gasteiger partial charge in [0.2, 0.25) is 10.1 Å². The zero-order valence-corrected chi connectivity index (χ0v) is 13.6. The minimum Gasteiger partial charge on any atom is -0.360 e. The molecular weight excluding hydrogens is 354 g/mol. The van der Waals surface area contributed by atoms with E-state index in [4.69, 9.17) is 5.26 Å². The lowest BCUT2D eigenvalue weighted by atomic mass is 10.2. The Kier molecular flexibility index (Phi) is 5.25. The Morgan fingerprint density at radius 3 is 2.95 bits per heavy atom. The fourth-order valence-corrected chi connectivity index (χ4v) is 2.62. The Bertz CT molecular complexity index is 694. The second-order valence-electron chi connectivity index (χ2n) is 4.10. The van der Waals surface area contributed by atoms with Crippen molar-refractivity contribution in [3.8, 4) is 6.07 Å². The van der Waals surface area contributed by atoms with Crippen LogP contribution in [0, 0.1) is 11.3 Å². The maximum absolute atomic E-state index is 12.1. The summed E-state index contributed by atoms with van der Waals surface area (Å²) >= 11 is 4.52. The van der Waals surface area contributed by atoms with E-state index in [1.165, 1.54) is 11.3 Å². The third-order valence-electron chi connectivity index (χ3n) is 2.49. The smallest absolute Gasteiger partial charge is 0.286 e. The predicted molar refractivity (Wildman–Crippen MR) is 85.5 cm³/mol. The summed E-state index contributed by atoms with van der Waals surface area (Å²) < 4.78 is 0.642. The SMILES string of the molecule is CCCNc1nnc(C(=O)Nc2ccc(C#N)cc2Br)s1. The number of nitriles is 1. The minimum absolute atomic E-state index is 0.282. The molecule has 1 aromatic heterocycles. The first-order chi connectivity index (χ1) is 10.1. The molecule has 0 unspecified atom stereocenters. The maximum atomic E-state index is 12.1. The molecule has 1 heterocycles. The Hall–Kier alpha value is -1.98. The number of anilines is 2. The van der Waals surface area contributed by atoms with Gasteiger partial charge in [-0.2, -0.15) is 5.26 Å². The van der Waals surface area contributed by atoms with Gasteiger partial charge in [0, 0.05) is 11.0 Å². The number of amides is 1. The van der Waals surface area contributed by atoms with Crippen molar-refractivity contribution in [1.29, 1.82) is 5.26 Å². The molecule has 0 aliphatic heterocycles. The van der Waals surface area contributed by atoms with Gasteiger partial charge in [-0.05, 0) is 40.5 Å². The van der Waals surface area contributed by atoms with Crippen LogP contribution in [0.5, 0.6) is 0 Å². The number of carbonyl (C=O) groups is 1. The van der Waals surface area contributed by atoms with Gasteiger partial charge in [-0.15, -0.1) is 10.2 Å². The van der Waals surface area contributed by atoms with Gasteiger partial charge >= 0.3 is 0 Å². The van der Waals surface area contributed by atoms with E-state index in [0.717, 1.165) is 13.0 Å². The van der Waals surface area contributed by atoms with Crippen LogP contribution in [0.4, 0.5) is 10.8 Å². The summed E-state index contributed by atoms with van der Waals surface area (Å²) in [6.07, 6.45) is 0.972. The molecule has 0 fully saturated rings. The summed E-state index contributed by atoms with van der Waals surface area (Å²) in [5.41, 5.74) is 1.10.